The maximum atomic E-state index is 11.3. The third kappa shape index (κ3) is 10.2. The van der Waals surface area contributed by atoms with Crippen LogP contribution in [0, 0.1) is 35.0 Å². The molecule has 5 atom stereocenters. The molecular weight excluding hydrogens is 805 g/mol. The molecule has 13 heteroatoms. The van der Waals surface area contributed by atoms with E-state index in [1.54, 1.807) is 41.6 Å². The third-order valence-electron chi connectivity index (χ3n) is 11.6. The monoisotopic (exact) mass is 854 g/mol. The number of carbonyl (C=O) groups is 1. The van der Waals surface area contributed by atoms with E-state index in [0.717, 1.165) is 65.1 Å². The van der Waals surface area contributed by atoms with E-state index < -0.39 is 24.3 Å². The van der Waals surface area contributed by atoms with Crippen LogP contribution in [-0.4, -0.2) is 91.2 Å². The summed E-state index contributed by atoms with van der Waals surface area (Å²) in [6, 6.07) is 33.6. The molecule has 0 unspecified atom stereocenters. The van der Waals surface area contributed by atoms with Crippen LogP contribution in [0.4, 0.5) is 5.69 Å². The van der Waals surface area contributed by atoms with Gasteiger partial charge in [-0.2, -0.15) is 10.2 Å². The minimum absolute atomic E-state index is 0.0405. The lowest BCUT2D eigenvalue weighted by Gasteiger charge is -2.35. The number of rotatable bonds is 13. The van der Waals surface area contributed by atoms with Crippen molar-refractivity contribution in [2.24, 2.45) is 0 Å². The molecule has 13 nitrogen and oxygen atoms in total. The first-order valence-electron chi connectivity index (χ1n) is 21.4. The molecule has 2 aromatic heterocycles. The molecule has 4 N–H and O–H groups in total. The van der Waals surface area contributed by atoms with Crippen molar-refractivity contribution in [2.75, 3.05) is 50.8 Å². The largest absolute Gasteiger partial charge is 0.473 e. The highest BCUT2D eigenvalue weighted by Crippen LogP contribution is 2.29. The minimum Gasteiger partial charge on any atom is -0.473 e. The number of nitrogens with zero attached hydrogens (tertiary/aromatic N) is 7. The zero-order valence-electron chi connectivity index (χ0n) is 35.8. The van der Waals surface area contributed by atoms with Crippen LogP contribution < -0.4 is 15.0 Å². The van der Waals surface area contributed by atoms with Crippen LogP contribution in [0.5, 0.6) is 5.88 Å². The van der Waals surface area contributed by atoms with E-state index in [4.69, 9.17) is 10.00 Å². The van der Waals surface area contributed by atoms with E-state index >= 15 is 0 Å². The van der Waals surface area contributed by atoms with Crippen LogP contribution in [0.15, 0.2) is 116 Å². The van der Waals surface area contributed by atoms with Gasteiger partial charge in [-0.05, 0) is 78.1 Å². The number of aliphatic hydroxyl groups is 3. The van der Waals surface area contributed by atoms with Crippen molar-refractivity contribution in [3.63, 3.8) is 0 Å². The van der Waals surface area contributed by atoms with Crippen molar-refractivity contribution in [3.8, 4) is 57.9 Å². The summed E-state index contributed by atoms with van der Waals surface area (Å²) in [5.74, 6) is 13.9. The second-order valence-electron chi connectivity index (χ2n) is 16.0. The van der Waals surface area contributed by atoms with Gasteiger partial charge in [0, 0.05) is 55.4 Å². The van der Waals surface area contributed by atoms with Crippen molar-refractivity contribution in [2.45, 2.75) is 50.6 Å². The fourth-order valence-electron chi connectivity index (χ4n) is 7.91. The van der Waals surface area contributed by atoms with Crippen molar-refractivity contribution >= 4 is 11.6 Å². The number of amides is 1. The topological polar surface area (TPSA) is 165 Å². The van der Waals surface area contributed by atoms with Crippen LogP contribution >= 0.6 is 0 Å². The van der Waals surface area contributed by atoms with E-state index in [1.807, 2.05) is 72.8 Å². The molecule has 2 aliphatic heterocycles. The second kappa shape index (κ2) is 19.9. The van der Waals surface area contributed by atoms with Gasteiger partial charge in [-0.3, -0.25) is 9.69 Å². The number of hydrogen-bond acceptors (Lipinski definition) is 10. The van der Waals surface area contributed by atoms with Crippen LogP contribution in [0.2, 0.25) is 0 Å². The maximum Gasteiger partial charge on any atom is 0.232 e. The molecule has 0 radical (unpaired) electrons. The molecule has 1 amide bonds. The maximum absolute atomic E-state index is 11.3. The highest BCUT2D eigenvalue weighted by atomic mass is 16.5. The first kappa shape index (κ1) is 43.5. The van der Waals surface area contributed by atoms with Gasteiger partial charge >= 0.3 is 0 Å². The van der Waals surface area contributed by atoms with Gasteiger partial charge in [-0.15, -0.1) is 0 Å². The Hall–Kier alpha value is -7.18. The number of anilines is 1. The number of carbonyl (C=O) groups excluding carboxylic acids is 1. The zero-order chi connectivity index (χ0) is 44.6. The fourth-order valence-corrected chi connectivity index (χ4v) is 7.91. The normalized spacial score (nSPS) is 16.7. The molecule has 0 saturated carbocycles. The summed E-state index contributed by atoms with van der Waals surface area (Å²) in [5, 5.41) is 43.6. The van der Waals surface area contributed by atoms with Gasteiger partial charge in [0.1, 0.15) is 42.5 Å². The summed E-state index contributed by atoms with van der Waals surface area (Å²) >= 11 is 0. The Morgan fingerprint density at radius 2 is 1.31 bits per heavy atom. The first-order valence-corrected chi connectivity index (χ1v) is 21.4. The van der Waals surface area contributed by atoms with Gasteiger partial charge in [-0.25, -0.2) is 4.98 Å². The van der Waals surface area contributed by atoms with Gasteiger partial charge in [0.05, 0.1) is 37.9 Å². The number of nitrogens with one attached hydrogen (secondary N) is 1. The number of piperazine rings is 1. The van der Waals surface area contributed by atoms with Crippen molar-refractivity contribution < 1.29 is 24.9 Å². The Morgan fingerprint density at radius 3 is 1.84 bits per heavy atom. The Balaban J connectivity index is 0.944. The molecule has 8 rings (SSSR count). The van der Waals surface area contributed by atoms with Gasteiger partial charge in [0.2, 0.25) is 11.8 Å². The smallest absolute Gasteiger partial charge is 0.232 e. The summed E-state index contributed by atoms with van der Waals surface area (Å²) in [4.78, 5) is 24.8. The Labute approximate surface area is 373 Å². The lowest BCUT2D eigenvalue weighted by Crippen LogP contribution is -2.46. The third-order valence-corrected chi connectivity index (χ3v) is 11.6. The lowest BCUT2D eigenvalue weighted by molar-refractivity contribution is -0.128. The molecule has 0 bridgehead atoms. The number of imidazole rings is 2. The van der Waals surface area contributed by atoms with Crippen molar-refractivity contribution in [1.29, 1.82) is 5.26 Å². The van der Waals surface area contributed by atoms with E-state index in [0.29, 0.717) is 18.8 Å². The van der Waals surface area contributed by atoms with Crippen molar-refractivity contribution in [1.82, 2.24) is 29.3 Å². The summed E-state index contributed by atoms with van der Waals surface area (Å²) in [6.45, 7) is 6.96. The quantitative estimate of drug-likeness (QED) is 0.0617. The minimum atomic E-state index is -0.983. The standard InChI is InChI=1S/C51H50N8O5/c1-35(61)50-53-24-26-58(50)46(20-8-38-5-11-40(12-6-38)42-17-21-44(22-18-42)57-29-27-56(25-23-52)28-30-57)34-64-49-32-59(51(55-49)36(2)62)45(33-60)19-7-37-3-9-39(10-4-37)41-13-15-43(16-14-41)47-31-48(63)54-47/h3-6,9-18,21-22,24,26,32,35-36,45-47,60-62H,25,27-31,33-34H2,1-2H3,(H,54,63)/t35-,36-,45-,46-,47+/m0/s1. The average Bonchev–Trinajstić information content (AvgIpc) is 3.98. The Bertz CT molecular complexity index is 2700. The molecule has 64 heavy (non-hydrogen) atoms. The molecular formula is C51H50N8O5. The Morgan fingerprint density at radius 1 is 0.766 bits per heavy atom. The number of nitriles is 1. The molecule has 4 heterocycles. The molecule has 324 valence electrons. The van der Waals surface area contributed by atoms with Gasteiger partial charge in [0.15, 0.2) is 0 Å². The highest BCUT2D eigenvalue weighted by molar-refractivity contribution is 5.83. The zero-order valence-corrected chi connectivity index (χ0v) is 35.8. The van der Waals surface area contributed by atoms with Crippen LogP contribution in [0.25, 0.3) is 22.3 Å². The van der Waals surface area contributed by atoms with E-state index in [-0.39, 0.29) is 36.9 Å². The average molecular weight is 855 g/mol. The summed E-state index contributed by atoms with van der Waals surface area (Å²) in [7, 11) is 0. The number of aliphatic hydroxyl groups excluding tert-OH is 3. The van der Waals surface area contributed by atoms with E-state index in [1.165, 1.54) is 5.69 Å². The number of benzene rings is 4. The van der Waals surface area contributed by atoms with Crippen molar-refractivity contribution in [3.05, 3.63) is 144 Å². The molecule has 2 fully saturated rings. The number of β-lactam (4-membered cyclic amide) rings is 1. The molecule has 2 aliphatic rings. The predicted molar refractivity (Wildman–Crippen MR) is 244 cm³/mol. The molecule has 6 aromatic rings. The molecule has 2 saturated heterocycles. The van der Waals surface area contributed by atoms with Gasteiger partial charge in [0.25, 0.3) is 0 Å². The molecule has 4 aromatic carbocycles. The highest BCUT2D eigenvalue weighted by Gasteiger charge is 2.26. The first-order chi connectivity index (χ1) is 31.1. The molecule has 0 aliphatic carbocycles. The number of hydrogen-bond donors (Lipinski definition) is 4. The van der Waals surface area contributed by atoms with E-state index in [2.05, 4.69) is 79.1 Å². The molecule has 0 spiro atoms. The fraction of sp³-hybridized carbons (Fsp3) is 0.294. The predicted octanol–water partition coefficient (Wildman–Crippen LogP) is 5.98. The van der Waals surface area contributed by atoms with Gasteiger partial charge in [-0.1, -0.05) is 84.3 Å². The summed E-state index contributed by atoms with van der Waals surface area (Å²) < 4.78 is 9.64. The van der Waals surface area contributed by atoms with Gasteiger partial charge < -0.3 is 39.4 Å². The summed E-state index contributed by atoms with van der Waals surface area (Å²) in [6.07, 6.45) is 3.66. The number of aromatic nitrogens is 4. The van der Waals surface area contributed by atoms with Crippen LogP contribution in [-0.2, 0) is 4.79 Å². The van der Waals surface area contributed by atoms with Crippen LogP contribution in [0.1, 0.15) is 78.9 Å². The number of ether oxygens (including phenoxy) is 1. The SMILES string of the molecule is C[C@H](O)c1nccn1[C@@H](C#Cc1ccc(-c2ccc(N3CCN(CC#N)CC3)cc2)cc1)COc1cn([C@@H](C#Cc2ccc(-c3ccc([C@H]4CC(=O)N4)cc3)cc2)CO)c([C@H](C)O)n1. The van der Waals surface area contributed by atoms with Crippen LogP contribution in [0.3, 0.4) is 0 Å². The van der Waals surface area contributed by atoms with E-state index in [9.17, 15) is 20.1 Å². The lowest BCUT2D eigenvalue weighted by atomic mass is 9.95. The summed E-state index contributed by atoms with van der Waals surface area (Å²) in [5.41, 5.74) is 8.04. The Kier molecular flexibility index (Phi) is 13.5. The second-order valence-corrected chi connectivity index (χ2v) is 16.0.